The van der Waals surface area contributed by atoms with Crippen molar-refractivity contribution in [2.75, 3.05) is 18.1 Å². The summed E-state index contributed by atoms with van der Waals surface area (Å²) in [4.78, 5) is 22.9. The highest BCUT2D eigenvalue weighted by Crippen LogP contribution is 2.17. The Hall–Kier alpha value is -0.160. The molecule has 0 aromatic heterocycles. The maximum Gasteiger partial charge on any atom is 0.288 e. The van der Waals surface area contributed by atoms with Crippen LogP contribution >= 0.6 is 24.4 Å². The van der Waals surface area contributed by atoms with E-state index in [4.69, 9.17) is 0 Å². The molecule has 1 saturated heterocycles. The zero-order valence-electron chi connectivity index (χ0n) is 5.24. The second-order valence-corrected chi connectivity index (χ2v) is 3.20. The zero-order chi connectivity index (χ0) is 7.56. The van der Waals surface area contributed by atoms with Crippen molar-refractivity contribution in [3.63, 3.8) is 0 Å². The minimum atomic E-state index is -0.140. The fourth-order valence-electron chi connectivity index (χ4n) is 0.697. The second kappa shape index (κ2) is 3.30. The molecule has 3 nitrogen and oxygen atoms in total. The molecule has 0 radical (unpaired) electrons. The van der Waals surface area contributed by atoms with Crippen molar-refractivity contribution in [1.82, 2.24) is 4.90 Å². The molecule has 0 aromatic carbocycles. The highest BCUT2D eigenvalue weighted by Gasteiger charge is 2.28. The molecule has 0 N–H and O–H groups in total. The van der Waals surface area contributed by atoms with E-state index in [1.165, 1.54) is 4.90 Å². The van der Waals surface area contributed by atoms with Crippen LogP contribution in [0.5, 0.6) is 0 Å². The third kappa shape index (κ3) is 1.46. The fraction of sp³-hybridized carbons (Fsp3) is 0.600. The van der Waals surface area contributed by atoms with Crippen LogP contribution in [0, 0.1) is 0 Å². The lowest BCUT2D eigenvalue weighted by Crippen LogP contribution is -2.30. The summed E-state index contributed by atoms with van der Waals surface area (Å²) in [6.45, 7) is 0.438. The molecule has 1 fully saturated rings. The van der Waals surface area contributed by atoms with Gasteiger partial charge < -0.3 is 0 Å². The number of imide groups is 1. The van der Waals surface area contributed by atoms with Gasteiger partial charge in [0, 0.05) is 12.3 Å². The molecule has 0 spiro atoms. The van der Waals surface area contributed by atoms with Crippen LogP contribution in [-0.2, 0) is 4.79 Å². The minimum absolute atomic E-state index is 0.0935. The van der Waals surface area contributed by atoms with E-state index >= 15 is 0 Å². The van der Waals surface area contributed by atoms with Crippen LogP contribution in [-0.4, -0.2) is 34.1 Å². The smallest absolute Gasteiger partial charge is 0.273 e. The number of thioether (sulfide) groups is 1. The van der Waals surface area contributed by atoms with Crippen molar-refractivity contribution in [2.24, 2.45) is 0 Å². The summed E-state index contributed by atoms with van der Waals surface area (Å²) in [5.41, 5.74) is 0. The molecule has 0 aromatic rings. The molecular formula is C5H7NO2S2. The first kappa shape index (κ1) is 7.94. The number of thiol groups is 1. The molecule has 0 unspecified atom stereocenters. The van der Waals surface area contributed by atoms with Gasteiger partial charge in [0.2, 0.25) is 5.91 Å². The predicted octanol–water partition coefficient (Wildman–Crippen LogP) is 0.612. The molecular weight excluding hydrogens is 170 g/mol. The first-order chi connectivity index (χ1) is 4.75. The Morgan fingerprint density at radius 1 is 1.60 bits per heavy atom. The van der Waals surface area contributed by atoms with E-state index in [-0.39, 0.29) is 11.1 Å². The standard InChI is InChI=1S/C5H7NO2S2/c7-4-3-10-5(8)6(4)1-2-9/h9H,1-3H2. The summed E-state index contributed by atoms with van der Waals surface area (Å²) < 4.78 is 0. The number of hydrogen-bond donors (Lipinski definition) is 1. The maximum absolute atomic E-state index is 10.8. The van der Waals surface area contributed by atoms with E-state index in [2.05, 4.69) is 12.6 Å². The van der Waals surface area contributed by atoms with Crippen molar-refractivity contribution in [1.29, 1.82) is 0 Å². The summed E-state index contributed by atoms with van der Waals surface area (Å²) >= 11 is 4.98. The van der Waals surface area contributed by atoms with Gasteiger partial charge in [-0.25, -0.2) is 0 Å². The third-order valence-corrected chi connectivity index (χ3v) is 2.22. The molecule has 1 aliphatic heterocycles. The Balaban J connectivity index is 2.54. The average Bonchev–Trinajstić information content (AvgIpc) is 2.20. The van der Waals surface area contributed by atoms with E-state index in [0.717, 1.165) is 11.8 Å². The van der Waals surface area contributed by atoms with Gasteiger partial charge in [0.1, 0.15) is 0 Å². The highest BCUT2D eigenvalue weighted by molar-refractivity contribution is 8.14. The molecule has 5 heteroatoms. The molecule has 10 heavy (non-hydrogen) atoms. The monoisotopic (exact) mass is 177 g/mol. The quantitative estimate of drug-likeness (QED) is 0.628. The highest BCUT2D eigenvalue weighted by atomic mass is 32.2. The van der Waals surface area contributed by atoms with Crippen LogP contribution < -0.4 is 0 Å². The number of carbonyl (C=O) groups excluding carboxylic acids is 2. The zero-order valence-corrected chi connectivity index (χ0v) is 6.95. The van der Waals surface area contributed by atoms with E-state index in [0.29, 0.717) is 18.1 Å². The number of rotatable bonds is 2. The molecule has 0 saturated carbocycles. The Morgan fingerprint density at radius 3 is 2.70 bits per heavy atom. The van der Waals surface area contributed by atoms with Crippen LogP contribution in [0.25, 0.3) is 0 Å². The number of hydrogen-bond acceptors (Lipinski definition) is 4. The molecule has 1 heterocycles. The Morgan fingerprint density at radius 2 is 2.30 bits per heavy atom. The van der Waals surface area contributed by atoms with Crippen molar-refractivity contribution in [2.45, 2.75) is 0 Å². The molecule has 2 amide bonds. The summed E-state index contributed by atoms with van der Waals surface area (Å²) in [6.07, 6.45) is 0. The van der Waals surface area contributed by atoms with Crippen molar-refractivity contribution in [3.8, 4) is 0 Å². The van der Waals surface area contributed by atoms with Gasteiger partial charge >= 0.3 is 0 Å². The minimum Gasteiger partial charge on any atom is -0.273 e. The normalized spacial score (nSPS) is 18.7. The number of nitrogens with zero attached hydrogens (tertiary/aromatic N) is 1. The summed E-state index contributed by atoms with van der Waals surface area (Å²) in [5, 5.41) is -0.140. The first-order valence-electron chi connectivity index (χ1n) is 2.83. The Kier molecular flexibility index (Phi) is 2.62. The van der Waals surface area contributed by atoms with Gasteiger partial charge in [-0.2, -0.15) is 12.6 Å². The van der Waals surface area contributed by atoms with Gasteiger partial charge in [0.15, 0.2) is 0 Å². The fourth-order valence-corrected chi connectivity index (χ4v) is 1.65. The largest absolute Gasteiger partial charge is 0.288 e. The van der Waals surface area contributed by atoms with E-state index in [9.17, 15) is 9.59 Å². The lowest BCUT2D eigenvalue weighted by atomic mass is 10.5. The van der Waals surface area contributed by atoms with E-state index in [1.54, 1.807) is 0 Å². The van der Waals surface area contributed by atoms with Gasteiger partial charge in [0.25, 0.3) is 5.24 Å². The molecule has 0 bridgehead atoms. The first-order valence-corrected chi connectivity index (χ1v) is 4.45. The number of carbonyl (C=O) groups is 2. The van der Waals surface area contributed by atoms with Gasteiger partial charge in [-0.05, 0) is 0 Å². The summed E-state index contributed by atoms with van der Waals surface area (Å²) in [6, 6.07) is 0. The summed E-state index contributed by atoms with van der Waals surface area (Å²) in [7, 11) is 0. The predicted molar refractivity (Wildman–Crippen MR) is 43.4 cm³/mol. The van der Waals surface area contributed by atoms with Gasteiger partial charge in [-0.1, -0.05) is 11.8 Å². The Bertz CT molecular complexity index is 155. The molecule has 1 aliphatic rings. The van der Waals surface area contributed by atoms with Crippen LogP contribution in [0.3, 0.4) is 0 Å². The topological polar surface area (TPSA) is 37.4 Å². The number of amides is 2. The lowest BCUT2D eigenvalue weighted by Gasteiger charge is -2.08. The molecule has 1 rings (SSSR count). The maximum atomic E-state index is 10.8. The van der Waals surface area contributed by atoms with Crippen LogP contribution in [0.1, 0.15) is 0 Å². The third-order valence-electron chi connectivity index (χ3n) is 1.16. The van der Waals surface area contributed by atoms with Gasteiger partial charge in [-0.15, -0.1) is 0 Å². The lowest BCUT2D eigenvalue weighted by molar-refractivity contribution is -0.124. The van der Waals surface area contributed by atoms with E-state index in [1.807, 2.05) is 0 Å². The van der Waals surface area contributed by atoms with Crippen molar-refractivity contribution < 1.29 is 9.59 Å². The molecule has 0 aliphatic carbocycles. The molecule has 56 valence electrons. The van der Waals surface area contributed by atoms with Crippen LogP contribution in [0.4, 0.5) is 4.79 Å². The van der Waals surface area contributed by atoms with E-state index < -0.39 is 0 Å². The van der Waals surface area contributed by atoms with Crippen molar-refractivity contribution >= 4 is 35.5 Å². The van der Waals surface area contributed by atoms with Gasteiger partial charge in [0.05, 0.1) is 5.75 Å². The average molecular weight is 177 g/mol. The van der Waals surface area contributed by atoms with Crippen LogP contribution in [0.2, 0.25) is 0 Å². The summed E-state index contributed by atoms with van der Waals surface area (Å²) in [5.74, 6) is 0.744. The van der Waals surface area contributed by atoms with Crippen molar-refractivity contribution in [3.05, 3.63) is 0 Å². The second-order valence-electron chi connectivity index (χ2n) is 1.82. The van der Waals surface area contributed by atoms with Crippen LogP contribution in [0.15, 0.2) is 0 Å². The SMILES string of the molecule is O=C1CSC(=O)N1CCS. The molecule has 0 atom stereocenters. The van der Waals surface area contributed by atoms with Gasteiger partial charge in [-0.3, -0.25) is 14.5 Å². The Labute approximate surface area is 68.6 Å².